The molecular formula is C22H22N4O4. The number of aliphatic hydroxyl groups excluding tert-OH is 1. The number of carbonyl (C=O) groups excluding carboxylic acids is 2. The highest BCUT2D eigenvalue weighted by atomic mass is 16.5. The van der Waals surface area contributed by atoms with E-state index >= 15 is 0 Å². The maximum Gasteiger partial charge on any atom is 0.337 e. The molecule has 1 aliphatic heterocycles. The molecule has 2 heterocycles. The van der Waals surface area contributed by atoms with E-state index in [0.717, 1.165) is 28.0 Å². The summed E-state index contributed by atoms with van der Waals surface area (Å²) < 4.78 is 4.84. The third-order valence-electron chi connectivity index (χ3n) is 5.19. The van der Waals surface area contributed by atoms with Crippen molar-refractivity contribution in [2.75, 3.05) is 32.1 Å². The lowest BCUT2D eigenvalue weighted by molar-refractivity contribution is -0.136. The van der Waals surface area contributed by atoms with Gasteiger partial charge < -0.3 is 25.0 Å². The van der Waals surface area contributed by atoms with Crippen molar-refractivity contribution in [1.82, 2.24) is 14.9 Å². The van der Waals surface area contributed by atoms with Crippen LogP contribution >= 0.6 is 0 Å². The number of rotatable bonds is 6. The van der Waals surface area contributed by atoms with Crippen LogP contribution in [0.5, 0.6) is 0 Å². The zero-order chi connectivity index (χ0) is 21.3. The number of imidazole rings is 1. The van der Waals surface area contributed by atoms with Crippen molar-refractivity contribution in [3.63, 3.8) is 0 Å². The quantitative estimate of drug-likeness (QED) is 0.542. The molecule has 0 unspecified atom stereocenters. The number of fused-ring (bicyclic) bond motifs is 1. The topological polar surface area (TPSA) is 108 Å². The standard InChI is InChI=1S/C22H22N4O4/c1-13-14(20-24-17-7-3-4-8-18(17)25-20)6-5-9-16(13)23-19-15(22(29)30-2)12-26(10-11-27)21(19)28/h3-9,23,27H,10-12H2,1-2H3,(H,24,25). The maximum absolute atomic E-state index is 12.8. The molecule has 154 valence electrons. The van der Waals surface area contributed by atoms with Crippen molar-refractivity contribution < 1.29 is 19.4 Å². The minimum Gasteiger partial charge on any atom is -0.466 e. The molecule has 4 rings (SSSR count). The van der Waals surface area contributed by atoms with E-state index in [4.69, 9.17) is 4.74 Å². The van der Waals surface area contributed by atoms with E-state index in [1.54, 1.807) is 0 Å². The number of hydrogen-bond acceptors (Lipinski definition) is 6. The first kappa shape index (κ1) is 19.7. The summed E-state index contributed by atoms with van der Waals surface area (Å²) in [7, 11) is 1.28. The van der Waals surface area contributed by atoms with E-state index in [1.807, 2.05) is 49.4 Å². The maximum atomic E-state index is 12.8. The molecule has 0 fully saturated rings. The molecule has 0 aliphatic carbocycles. The molecule has 2 aromatic carbocycles. The molecule has 0 bridgehead atoms. The van der Waals surface area contributed by atoms with Crippen molar-refractivity contribution in [2.45, 2.75) is 6.92 Å². The van der Waals surface area contributed by atoms with Gasteiger partial charge in [0.15, 0.2) is 0 Å². The van der Waals surface area contributed by atoms with Gasteiger partial charge in [-0.2, -0.15) is 0 Å². The van der Waals surface area contributed by atoms with Crippen LogP contribution in [0.2, 0.25) is 0 Å². The second-order valence-corrected chi connectivity index (χ2v) is 7.00. The number of esters is 1. The van der Waals surface area contributed by atoms with Crippen molar-refractivity contribution in [3.8, 4) is 11.4 Å². The van der Waals surface area contributed by atoms with E-state index in [9.17, 15) is 14.7 Å². The number of carbonyl (C=O) groups is 2. The summed E-state index contributed by atoms with van der Waals surface area (Å²) in [6.07, 6.45) is 0. The fourth-order valence-electron chi connectivity index (χ4n) is 3.59. The van der Waals surface area contributed by atoms with Gasteiger partial charge in [0, 0.05) is 17.8 Å². The van der Waals surface area contributed by atoms with Gasteiger partial charge in [-0.25, -0.2) is 9.78 Å². The van der Waals surface area contributed by atoms with E-state index in [1.165, 1.54) is 12.0 Å². The number of aromatic amines is 1. The number of H-pyrrole nitrogens is 1. The zero-order valence-electron chi connectivity index (χ0n) is 16.7. The van der Waals surface area contributed by atoms with Gasteiger partial charge in [0.2, 0.25) is 0 Å². The highest BCUT2D eigenvalue weighted by Crippen LogP contribution is 2.31. The van der Waals surface area contributed by atoms with E-state index in [0.29, 0.717) is 5.69 Å². The largest absolute Gasteiger partial charge is 0.466 e. The summed E-state index contributed by atoms with van der Waals surface area (Å²) in [6, 6.07) is 13.4. The first-order chi connectivity index (χ1) is 14.5. The zero-order valence-corrected chi connectivity index (χ0v) is 16.7. The number of hydrogen-bond donors (Lipinski definition) is 3. The molecule has 1 aromatic heterocycles. The van der Waals surface area contributed by atoms with Crippen LogP contribution in [0.3, 0.4) is 0 Å². The molecule has 0 saturated heterocycles. The van der Waals surface area contributed by atoms with Crippen LogP contribution in [0, 0.1) is 6.92 Å². The van der Waals surface area contributed by atoms with Gasteiger partial charge in [-0.3, -0.25) is 4.79 Å². The number of β-amino-alcohol motifs (C(OH)–C–C–N with tert-alkyl or cyclic N) is 1. The van der Waals surface area contributed by atoms with Crippen LogP contribution in [-0.2, 0) is 14.3 Å². The number of ether oxygens (including phenoxy) is 1. The highest BCUT2D eigenvalue weighted by molar-refractivity contribution is 6.08. The Bertz CT molecular complexity index is 1130. The Hall–Kier alpha value is -3.65. The normalized spacial score (nSPS) is 14.0. The SMILES string of the molecule is COC(=O)C1=C(Nc2cccc(-c3nc4ccccc4[nH]3)c2C)C(=O)N(CCO)C1. The predicted octanol–water partition coefficient (Wildman–Crippen LogP) is 2.21. The lowest BCUT2D eigenvalue weighted by Gasteiger charge is -2.16. The van der Waals surface area contributed by atoms with Crippen LogP contribution in [-0.4, -0.2) is 58.7 Å². The molecule has 8 nitrogen and oxygen atoms in total. The molecule has 0 spiro atoms. The highest BCUT2D eigenvalue weighted by Gasteiger charge is 2.34. The second kappa shape index (κ2) is 8.00. The van der Waals surface area contributed by atoms with Gasteiger partial charge in [-0.05, 0) is 30.7 Å². The van der Waals surface area contributed by atoms with Crippen LogP contribution in [0.15, 0.2) is 53.7 Å². The molecule has 8 heteroatoms. The van der Waals surface area contributed by atoms with Crippen LogP contribution < -0.4 is 5.32 Å². The minimum atomic E-state index is -0.572. The lowest BCUT2D eigenvalue weighted by atomic mass is 10.1. The van der Waals surface area contributed by atoms with Gasteiger partial charge in [-0.15, -0.1) is 0 Å². The number of nitrogens with zero attached hydrogens (tertiary/aromatic N) is 2. The van der Waals surface area contributed by atoms with Gasteiger partial charge in [0.05, 0.1) is 36.9 Å². The molecule has 1 aliphatic rings. The molecule has 1 amide bonds. The Labute approximate surface area is 173 Å². The predicted molar refractivity (Wildman–Crippen MR) is 113 cm³/mol. The van der Waals surface area contributed by atoms with Crippen LogP contribution in [0.4, 0.5) is 5.69 Å². The third kappa shape index (κ3) is 3.42. The van der Waals surface area contributed by atoms with Gasteiger partial charge >= 0.3 is 5.97 Å². The average molecular weight is 406 g/mol. The van der Waals surface area contributed by atoms with Crippen LogP contribution in [0.25, 0.3) is 22.4 Å². The number of nitrogens with one attached hydrogen (secondary N) is 2. The summed E-state index contributed by atoms with van der Waals surface area (Å²) in [5, 5.41) is 12.3. The van der Waals surface area contributed by atoms with Crippen LogP contribution in [0.1, 0.15) is 5.56 Å². The summed E-state index contributed by atoms with van der Waals surface area (Å²) in [5.74, 6) is -0.199. The fraction of sp³-hybridized carbons (Fsp3) is 0.227. The van der Waals surface area contributed by atoms with Gasteiger partial charge in [-0.1, -0.05) is 24.3 Å². The van der Waals surface area contributed by atoms with E-state index < -0.39 is 5.97 Å². The molecule has 0 radical (unpaired) electrons. The molecule has 0 saturated carbocycles. The smallest absolute Gasteiger partial charge is 0.337 e. The molecule has 3 aromatic rings. The summed E-state index contributed by atoms with van der Waals surface area (Å²) in [6.45, 7) is 1.97. The number of benzene rings is 2. The Kier molecular flexibility index (Phi) is 5.24. The van der Waals surface area contributed by atoms with E-state index in [2.05, 4.69) is 15.3 Å². The first-order valence-corrected chi connectivity index (χ1v) is 9.57. The Balaban J connectivity index is 1.71. The monoisotopic (exact) mass is 406 g/mol. The van der Waals surface area contributed by atoms with Crippen molar-refractivity contribution in [1.29, 1.82) is 0 Å². The number of anilines is 1. The fourth-order valence-corrected chi connectivity index (χ4v) is 3.59. The Morgan fingerprint density at radius 3 is 2.80 bits per heavy atom. The number of para-hydroxylation sites is 2. The molecule has 3 N–H and O–H groups in total. The number of methoxy groups -OCH3 is 1. The van der Waals surface area contributed by atoms with Crippen molar-refractivity contribution in [2.24, 2.45) is 0 Å². The van der Waals surface area contributed by atoms with Gasteiger partial charge in [0.1, 0.15) is 11.5 Å². The molecular weight excluding hydrogens is 384 g/mol. The third-order valence-corrected chi connectivity index (χ3v) is 5.19. The van der Waals surface area contributed by atoms with E-state index in [-0.39, 0.29) is 36.9 Å². The molecule has 30 heavy (non-hydrogen) atoms. The number of amides is 1. The second-order valence-electron chi connectivity index (χ2n) is 7.00. The van der Waals surface area contributed by atoms with Gasteiger partial charge in [0.25, 0.3) is 5.91 Å². The summed E-state index contributed by atoms with van der Waals surface area (Å²) >= 11 is 0. The number of aromatic nitrogens is 2. The minimum absolute atomic E-state index is 0.0940. The summed E-state index contributed by atoms with van der Waals surface area (Å²) in [5.41, 5.74) is 4.65. The average Bonchev–Trinajstić information content (AvgIpc) is 3.31. The Morgan fingerprint density at radius 1 is 1.27 bits per heavy atom. The number of aliphatic hydroxyl groups is 1. The molecule has 0 atom stereocenters. The summed E-state index contributed by atoms with van der Waals surface area (Å²) in [4.78, 5) is 34.4. The first-order valence-electron chi connectivity index (χ1n) is 9.57. The Morgan fingerprint density at radius 2 is 2.07 bits per heavy atom. The van der Waals surface area contributed by atoms with Crippen molar-refractivity contribution in [3.05, 3.63) is 59.3 Å². The van der Waals surface area contributed by atoms with Crippen molar-refractivity contribution >= 4 is 28.6 Å². The lowest BCUT2D eigenvalue weighted by Crippen LogP contribution is -2.31.